The molecule has 0 aliphatic carbocycles. The molecule has 5 heteroatoms. The third kappa shape index (κ3) is 5.09. The van der Waals surface area contributed by atoms with Crippen molar-refractivity contribution in [3.05, 3.63) is 23.8 Å². The Morgan fingerprint density at radius 2 is 2.10 bits per heavy atom. The van der Waals surface area contributed by atoms with Gasteiger partial charge in [0.05, 0.1) is 0 Å². The van der Waals surface area contributed by atoms with E-state index in [2.05, 4.69) is 24.4 Å². The SMILES string of the molecule is CCNC(CSCCCOC)c1ccc2c(c1)OCCO2. The second-order valence-electron chi connectivity index (χ2n) is 4.93. The molecular weight excluding hydrogens is 286 g/mol. The summed E-state index contributed by atoms with van der Waals surface area (Å²) >= 11 is 1.96. The molecule has 0 fully saturated rings. The summed E-state index contributed by atoms with van der Waals surface area (Å²) in [6.45, 7) is 5.20. The van der Waals surface area contributed by atoms with Crippen LogP contribution in [0.15, 0.2) is 18.2 Å². The fraction of sp³-hybridized carbons (Fsp3) is 0.625. The predicted octanol–water partition coefficient (Wildman–Crippen LogP) is 2.88. The first-order chi connectivity index (χ1) is 10.3. The molecule has 118 valence electrons. The maximum atomic E-state index is 5.67. The van der Waals surface area contributed by atoms with Crippen molar-refractivity contribution in [1.82, 2.24) is 5.32 Å². The van der Waals surface area contributed by atoms with Gasteiger partial charge in [-0.2, -0.15) is 11.8 Å². The molecule has 1 aliphatic rings. The van der Waals surface area contributed by atoms with Crippen LogP contribution < -0.4 is 14.8 Å². The summed E-state index contributed by atoms with van der Waals surface area (Å²) in [5.41, 5.74) is 1.26. The minimum atomic E-state index is 0.346. The molecule has 1 aromatic rings. The molecule has 0 aromatic heterocycles. The van der Waals surface area contributed by atoms with E-state index in [4.69, 9.17) is 14.2 Å². The van der Waals surface area contributed by atoms with Crippen molar-refractivity contribution in [1.29, 1.82) is 0 Å². The molecule has 2 rings (SSSR count). The van der Waals surface area contributed by atoms with Gasteiger partial charge in [0.25, 0.3) is 0 Å². The van der Waals surface area contributed by atoms with E-state index in [-0.39, 0.29) is 0 Å². The third-order valence-corrected chi connectivity index (χ3v) is 4.49. The highest BCUT2D eigenvalue weighted by atomic mass is 32.2. The van der Waals surface area contributed by atoms with Crippen molar-refractivity contribution in [3.63, 3.8) is 0 Å². The van der Waals surface area contributed by atoms with Gasteiger partial charge in [-0.1, -0.05) is 13.0 Å². The lowest BCUT2D eigenvalue weighted by Gasteiger charge is -2.22. The molecule has 1 aliphatic heterocycles. The van der Waals surface area contributed by atoms with E-state index in [0.717, 1.165) is 42.6 Å². The van der Waals surface area contributed by atoms with Crippen molar-refractivity contribution in [2.24, 2.45) is 0 Å². The van der Waals surface area contributed by atoms with Crippen LogP contribution in [0.1, 0.15) is 24.9 Å². The average Bonchev–Trinajstić information content (AvgIpc) is 2.53. The molecule has 0 spiro atoms. The van der Waals surface area contributed by atoms with Gasteiger partial charge in [-0.15, -0.1) is 0 Å². The molecule has 0 bridgehead atoms. The summed E-state index contributed by atoms with van der Waals surface area (Å²) in [6, 6.07) is 6.61. The molecule has 1 aromatic carbocycles. The molecule has 0 saturated heterocycles. The van der Waals surface area contributed by atoms with Gasteiger partial charge in [0.2, 0.25) is 0 Å². The molecule has 21 heavy (non-hydrogen) atoms. The van der Waals surface area contributed by atoms with E-state index >= 15 is 0 Å². The number of benzene rings is 1. The second kappa shape index (κ2) is 9.18. The fourth-order valence-corrected chi connectivity index (χ4v) is 3.34. The van der Waals surface area contributed by atoms with Crippen LogP contribution in [0.2, 0.25) is 0 Å². The summed E-state index contributed by atoms with van der Waals surface area (Å²) in [5, 5.41) is 3.55. The summed E-state index contributed by atoms with van der Waals surface area (Å²) in [6.07, 6.45) is 1.10. The average molecular weight is 311 g/mol. The van der Waals surface area contributed by atoms with Crippen molar-refractivity contribution in [3.8, 4) is 11.5 Å². The van der Waals surface area contributed by atoms with Crippen LogP contribution in [0.4, 0.5) is 0 Å². The zero-order chi connectivity index (χ0) is 14.9. The van der Waals surface area contributed by atoms with Crippen molar-refractivity contribution in [2.45, 2.75) is 19.4 Å². The molecule has 0 saturated carbocycles. The van der Waals surface area contributed by atoms with Crippen molar-refractivity contribution < 1.29 is 14.2 Å². The summed E-state index contributed by atoms with van der Waals surface area (Å²) in [5.74, 6) is 3.90. The van der Waals surface area contributed by atoms with Gasteiger partial charge in [-0.25, -0.2) is 0 Å². The van der Waals surface area contributed by atoms with Crippen LogP contribution >= 0.6 is 11.8 Å². The van der Waals surface area contributed by atoms with Gasteiger partial charge in [0, 0.05) is 25.5 Å². The lowest BCUT2D eigenvalue weighted by atomic mass is 10.1. The topological polar surface area (TPSA) is 39.7 Å². The highest BCUT2D eigenvalue weighted by Gasteiger charge is 2.16. The van der Waals surface area contributed by atoms with Gasteiger partial charge >= 0.3 is 0 Å². The lowest BCUT2D eigenvalue weighted by molar-refractivity contribution is 0.171. The molecule has 1 unspecified atom stereocenters. The van der Waals surface area contributed by atoms with E-state index in [1.165, 1.54) is 5.56 Å². The maximum Gasteiger partial charge on any atom is 0.161 e. The highest BCUT2D eigenvalue weighted by molar-refractivity contribution is 7.99. The van der Waals surface area contributed by atoms with Gasteiger partial charge in [-0.3, -0.25) is 0 Å². The van der Waals surface area contributed by atoms with Crippen LogP contribution in [-0.4, -0.2) is 45.0 Å². The molecular formula is C16H25NO3S. The number of rotatable bonds is 9. The monoisotopic (exact) mass is 311 g/mol. The first-order valence-corrected chi connectivity index (χ1v) is 8.70. The Bertz CT molecular complexity index is 428. The van der Waals surface area contributed by atoms with Crippen molar-refractivity contribution in [2.75, 3.05) is 45.0 Å². The van der Waals surface area contributed by atoms with Gasteiger partial charge in [0.15, 0.2) is 11.5 Å². The molecule has 1 heterocycles. The summed E-state index contributed by atoms with van der Waals surface area (Å²) in [7, 11) is 1.75. The Kier molecular flexibility index (Phi) is 7.19. The molecule has 1 N–H and O–H groups in total. The molecule has 0 amide bonds. The predicted molar refractivity (Wildman–Crippen MR) is 87.7 cm³/mol. The Morgan fingerprint density at radius 1 is 1.29 bits per heavy atom. The van der Waals surface area contributed by atoms with Gasteiger partial charge in [0.1, 0.15) is 13.2 Å². The van der Waals surface area contributed by atoms with Crippen molar-refractivity contribution >= 4 is 11.8 Å². The quantitative estimate of drug-likeness (QED) is 0.710. The number of methoxy groups -OCH3 is 1. The molecule has 1 atom stereocenters. The smallest absolute Gasteiger partial charge is 0.161 e. The molecule has 0 radical (unpaired) electrons. The van der Waals surface area contributed by atoms with E-state index in [9.17, 15) is 0 Å². The van der Waals surface area contributed by atoms with E-state index in [0.29, 0.717) is 19.3 Å². The number of hydrogen-bond donors (Lipinski definition) is 1. The minimum absolute atomic E-state index is 0.346. The Hall–Kier alpha value is -0.910. The molecule has 4 nitrogen and oxygen atoms in total. The van der Waals surface area contributed by atoms with Gasteiger partial charge < -0.3 is 19.5 Å². The van der Waals surface area contributed by atoms with Crippen LogP contribution in [0.25, 0.3) is 0 Å². The number of nitrogens with one attached hydrogen (secondary N) is 1. The van der Waals surface area contributed by atoms with Crippen LogP contribution in [0.3, 0.4) is 0 Å². The van der Waals surface area contributed by atoms with Crippen LogP contribution in [-0.2, 0) is 4.74 Å². The lowest BCUT2D eigenvalue weighted by Crippen LogP contribution is -2.23. The van der Waals surface area contributed by atoms with E-state index < -0.39 is 0 Å². The minimum Gasteiger partial charge on any atom is -0.486 e. The van der Waals surface area contributed by atoms with E-state index in [1.807, 2.05) is 17.8 Å². The Morgan fingerprint density at radius 3 is 2.86 bits per heavy atom. The zero-order valence-electron chi connectivity index (χ0n) is 12.9. The van der Waals surface area contributed by atoms with E-state index in [1.54, 1.807) is 7.11 Å². The van der Waals surface area contributed by atoms with Crippen LogP contribution in [0.5, 0.6) is 11.5 Å². The second-order valence-corrected chi connectivity index (χ2v) is 6.08. The first kappa shape index (κ1) is 16.5. The number of hydrogen-bond acceptors (Lipinski definition) is 5. The van der Waals surface area contributed by atoms with Gasteiger partial charge in [-0.05, 0) is 36.4 Å². The number of fused-ring (bicyclic) bond motifs is 1. The largest absolute Gasteiger partial charge is 0.486 e. The fourth-order valence-electron chi connectivity index (χ4n) is 2.30. The Labute approximate surface area is 131 Å². The summed E-state index contributed by atoms with van der Waals surface area (Å²) in [4.78, 5) is 0. The highest BCUT2D eigenvalue weighted by Crippen LogP contribution is 2.33. The third-order valence-electron chi connectivity index (χ3n) is 3.34. The normalized spacial score (nSPS) is 15.0. The Balaban J connectivity index is 1.93. The number of thioether (sulfide) groups is 1. The summed E-state index contributed by atoms with van der Waals surface area (Å²) < 4.78 is 16.3. The maximum absolute atomic E-state index is 5.67. The standard InChI is InChI=1S/C16H25NO3S/c1-3-17-14(12-21-10-4-7-18-2)13-5-6-15-16(11-13)20-9-8-19-15/h5-6,11,14,17H,3-4,7-10,12H2,1-2H3. The first-order valence-electron chi connectivity index (χ1n) is 7.54. The van der Waals surface area contributed by atoms with Crippen LogP contribution in [0, 0.1) is 0 Å². The number of ether oxygens (including phenoxy) is 3. The zero-order valence-corrected chi connectivity index (χ0v) is 13.7.